The van der Waals surface area contributed by atoms with Crippen LogP contribution in [0, 0.1) is 5.41 Å². The third-order valence-electron chi connectivity index (χ3n) is 2.09. The second-order valence-corrected chi connectivity index (χ2v) is 4.89. The van der Waals surface area contributed by atoms with Crippen LogP contribution < -0.4 is 0 Å². The highest BCUT2D eigenvalue weighted by molar-refractivity contribution is 6.01. The Labute approximate surface area is 81.3 Å². The van der Waals surface area contributed by atoms with Crippen molar-refractivity contribution in [1.82, 2.24) is 0 Å². The van der Waals surface area contributed by atoms with E-state index in [0.29, 0.717) is 0 Å². The van der Waals surface area contributed by atoms with Crippen LogP contribution in [-0.2, 0) is 0 Å². The van der Waals surface area contributed by atoms with Crippen molar-refractivity contribution < 1.29 is 0 Å². The molecule has 1 aliphatic rings. The van der Waals surface area contributed by atoms with E-state index in [4.69, 9.17) is 0 Å². The summed E-state index contributed by atoms with van der Waals surface area (Å²) in [5.74, 6) is 0. The Morgan fingerprint density at radius 2 is 2.15 bits per heavy atom. The third-order valence-corrected chi connectivity index (χ3v) is 2.09. The fraction of sp³-hybridized carbons (Fsp3) is 0.583. The predicted octanol–water partition coefficient (Wildman–Crippen LogP) is 3.38. The maximum absolute atomic E-state index is 4.52. The molecule has 1 aliphatic heterocycles. The zero-order chi connectivity index (χ0) is 10.1. The van der Waals surface area contributed by atoms with Gasteiger partial charge in [0.2, 0.25) is 0 Å². The Kier molecular flexibility index (Phi) is 2.74. The fourth-order valence-corrected chi connectivity index (χ4v) is 1.42. The van der Waals surface area contributed by atoms with Gasteiger partial charge in [0, 0.05) is 11.1 Å². The lowest BCUT2D eigenvalue weighted by Crippen LogP contribution is -2.16. The molecule has 0 aromatic heterocycles. The van der Waals surface area contributed by atoms with Gasteiger partial charge < -0.3 is 0 Å². The van der Waals surface area contributed by atoms with Gasteiger partial charge in [0.05, 0.1) is 6.54 Å². The van der Waals surface area contributed by atoms with Crippen molar-refractivity contribution in [2.75, 3.05) is 6.54 Å². The maximum atomic E-state index is 4.52. The highest BCUT2D eigenvalue weighted by Gasteiger charge is 2.20. The Hall–Kier alpha value is -0.850. The Bertz CT molecular complexity index is 274. The molecule has 13 heavy (non-hydrogen) atoms. The van der Waals surface area contributed by atoms with Crippen molar-refractivity contribution in [2.45, 2.75) is 34.1 Å². The fourth-order valence-electron chi connectivity index (χ4n) is 1.42. The summed E-state index contributed by atoms with van der Waals surface area (Å²) in [6.45, 7) is 13.5. The van der Waals surface area contributed by atoms with E-state index in [1.165, 1.54) is 16.9 Å². The SMILES string of the molecule is C=C(C)CC1=CC(C(C)(C)C)=NC1. The van der Waals surface area contributed by atoms with Crippen LogP contribution in [0.25, 0.3) is 0 Å². The van der Waals surface area contributed by atoms with Crippen molar-refractivity contribution in [3.8, 4) is 0 Å². The van der Waals surface area contributed by atoms with Gasteiger partial charge in [-0.3, -0.25) is 4.99 Å². The summed E-state index contributed by atoms with van der Waals surface area (Å²) >= 11 is 0. The Morgan fingerprint density at radius 3 is 2.54 bits per heavy atom. The van der Waals surface area contributed by atoms with E-state index in [9.17, 15) is 0 Å². The molecule has 0 saturated heterocycles. The molecule has 0 atom stereocenters. The molecule has 72 valence electrons. The number of allylic oxidation sites excluding steroid dienone is 2. The van der Waals surface area contributed by atoms with Crippen LogP contribution in [0.5, 0.6) is 0 Å². The molecule has 0 aromatic rings. The monoisotopic (exact) mass is 177 g/mol. The molecule has 0 fully saturated rings. The summed E-state index contributed by atoms with van der Waals surface area (Å²) in [4.78, 5) is 4.52. The number of hydrogen-bond donors (Lipinski definition) is 0. The molecule has 0 bridgehead atoms. The zero-order valence-electron chi connectivity index (χ0n) is 9.15. The van der Waals surface area contributed by atoms with Gasteiger partial charge in [-0.1, -0.05) is 32.9 Å². The predicted molar refractivity (Wildman–Crippen MR) is 59.3 cm³/mol. The minimum atomic E-state index is 0.191. The van der Waals surface area contributed by atoms with Gasteiger partial charge in [0.1, 0.15) is 0 Å². The van der Waals surface area contributed by atoms with Gasteiger partial charge in [-0.05, 0) is 25.0 Å². The van der Waals surface area contributed by atoms with Crippen LogP contribution in [-0.4, -0.2) is 12.3 Å². The van der Waals surface area contributed by atoms with Crippen LogP contribution in [0.1, 0.15) is 34.1 Å². The molecule has 0 unspecified atom stereocenters. The lowest BCUT2D eigenvalue weighted by Gasteiger charge is -2.16. The van der Waals surface area contributed by atoms with Crippen LogP contribution in [0.4, 0.5) is 0 Å². The van der Waals surface area contributed by atoms with E-state index in [0.717, 1.165) is 13.0 Å². The minimum absolute atomic E-state index is 0.191. The number of aliphatic imine (C=N–C) groups is 1. The first-order valence-electron chi connectivity index (χ1n) is 4.78. The quantitative estimate of drug-likeness (QED) is 0.573. The van der Waals surface area contributed by atoms with Crippen molar-refractivity contribution >= 4 is 5.71 Å². The Balaban J connectivity index is 2.66. The first-order valence-corrected chi connectivity index (χ1v) is 4.78. The van der Waals surface area contributed by atoms with E-state index < -0.39 is 0 Å². The summed E-state index contributed by atoms with van der Waals surface area (Å²) in [6.07, 6.45) is 3.23. The minimum Gasteiger partial charge on any atom is -0.285 e. The smallest absolute Gasteiger partial charge is 0.0609 e. The standard InChI is InChI=1S/C12H19N/c1-9(2)6-10-7-11(13-8-10)12(3,4)5/h7H,1,6,8H2,2-5H3. The molecule has 0 saturated carbocycles. The highest BCUT2D eigenvalue weighted by Crippen LogP contribution is 2.24. The molecule has 0 radical (unpaired) electrons. The molecular formula is C12H19N. The molecule has 0 aromatic carbocycles. The maximum Gasteiger partial charge on any atom is 0.0609 e. The summed E-state index contributed by atoms with van der Waals surface area (Å²) in [7, 11) is 0. The van der Waals surface area contributed by atoms with E-state index in [1.807, 2.05) is 0 Å². The molecule has 1 heteroatoms. The number of rotatable bonds is 2. The van der Waals surface area contributed by atoms with E-state index in [-0.39, 0.29) is 5.41 Å². The van der Waals surface area contributed by atoms with Crippen molar-refractivity contribution in [3.05, 3.63) is 23.8 Å². The van der Waals surface area contributed by atoms with Gasteiger partial charge in [-0.15, -0.1) is 0 Å². The summed E-state index contributed by atoms with van der Waals surface area (Å²) < 4.78 is 0. The lowest BCUT2D eigenvalue weighted by molar-refractivity contribution is 0.594. The van der Waals surface area contributed by atoms with Crippen molar-refractivity contribution in [1.29, 1.82) is 0 Å². The molecular weight excluding hydrogens is 158 g/mol. The second kappa shape index (κ2) is 3.49. The molecule has 1 heterocycles. The number of nitrogens with zero attached hydrogens (tertiary/aromatic N) is 1. The molecule has 0 amide bonds. The molecule has 0 spiro atoms. The summed E-state index contributed by atoms with van der Waals surface area (Å²) in [6, 6.07) is 0. The van der Waals surface area contributed by atoms with Gasteiger partial charge >= 0.3 is 0 Å². The topological polar surface area (TPSA) is 12.4 Å². The highest BCUT2D eigenvalue weighted by atomic mass is 14.8. The normalized spacial score (nSPS) is 16.9. The van der Waals surface area contributed by atoms with Crippen LogP contribution in [0.2, 0.25) is 0 Å². The molecule has 0 aliphatic carbocycles. The number of hydrogen-bond acceptors (Lipinski definition) is 1. The summed E-state index contributed by atoms with van der Waals surface area (Å²) in [5, 5.41) is 0. The van der Waals surface area contributed by atoms with Crippen molar-refractivity contribution in [3.63, 3.8) is 0 Å². The molecule has 1 rings (SSSR count). The third kappa shape index (κ3) is 2.83. The lowest BCUT2D eigenvalue weighted by atomic mass is 9.89. The summed E-state index contributed by atoms with van der Waals surface area (Å²) in [5.41, 5.74) is 4.04. The van der Waals surface area contributed by atoms with Gasteiger partial charge in [-0.25, -0.2) is 0 Å². The first kappa shape index (κ1) is 10.2. The first-order chi connectivity index (χ1) is 5.89. The Morgan fingerprint density at radius 1 is 1.54 bits per heavy atom. The average Bonchev–Trinajstić information content (AvgIpc) is 2.32. The van der Waals surface area contributed by atoms with E-state index >= 15 is 0 Å². The van der Waals surface area contributed by atoms with Crippen LogP contribution >= 0.6 is 0 Å². The molecule has 1 nitrogen and oxygen atoms in total. The van der Waals surface area contributed by atoms with E-state index in [2.05, 4.69) is 45.3 Å². The van der Waals surface area contributed by atoms with E-state index in [1.54, 1.807) is 0 Å². The van der Waals surface area contributed by atoms with Crippen LogP contribution in [0.15, 0.2) is 28.8 Å². The molecule has 0 N–H and O–H groups in total. The van der Waals surface area contributed by atoms with Gasteiger partial charge in [0.15, 0.2) is 0 Å². The zero-order valence-corrected chi connectivity index (χ0v) is 9.15. The van der Waals surface area contributed by atoms with Crippen LogP contribution in [0.3, 0.4) is 0 Å². The van der Waals surface area contributed by atoms with Gasteiger partial charge in [-0.2, -0.15) is 0 Å². The second-order valence-electron chi connectivity index (χ2n) is 4.89. The average molecular weight is 177 g/mol. The van der Waals surface area contributed by atoms with Crippen molar-refractivity contribution in [2.24, 2.45) is 10.4 Å². The van der Waals surface area contributed by atoms with Gasteiger partial charge in [0.25, 0.3) is 0 Å². The largest absolute Gasteiger partial charge is 0.285 e.